The zero-order valence-electron chi connectivity index (χ0n) is 12.3. The SMILES string of the molecule is CCC(O)CCNC(C)c1c(C)nn(CC)c1C. The van der Waals surface area contributed by atoms with Crippen LogP contribution in [0.5, 0.6) is 0 Å². The molecule has 0 saturated carbocycles. The lowest BCUT2D eigenvalue weighted by atomic mass is 10.1. The number of aryl methyl sites for hydroxylation is 2. The minimum atomic E-state index is -0.190. The summed E-state index contributed by atoms with van der Waals surface area (Å²) in [6, 6.07) is 0.286. The van der Waals surface area contributed by atoms with E-state index in [4.69, 9.17) is 0 Å². The van der Waals surface area contributed by atoms with Crippen LogP contribution >= 0.6 is 0 Å². The molecule has 18 heavy (non-hydrogen) atoms. The summed E-state index contributed by atoms with van der Waals surface area (Å²) in [5.74, 6) is 0. The second kappa shape index (κ2) is 6.90. The molecule has 2 unspecified atom stereocenters. The maximum Gasteiger partial charge on any atom is 0.0644 e. The standard InChI is InChI=1S/C14H27N3O/c1-6-13(18)8-9-15-10(3)14-11(4)16-17(7-2)12(14)5/h10,13,15,18H,6-9H2,1-5H3. The molecule has 2 atom stereocenters. The Kier molecular flexibility index (Phi) is 5.82. The van der Waals surface area contributed by atoms with Gasteiger partial charge in [-0.05, 0) is 47.1 Å². The van der Waals surface area contributed by atoms with Gasteiger partial charge in [-0.2, -0.15) is 5.10 Å². The topological polar surface area (TPSA) is 50.1 Å². The van der Waals surface area contributed by atoms with Crippen molar-refractivity contribution in [2.45, 2.75) is 66.2 Å². The van der Waals surface area contributed by atoms with E-state index in [-0.39, 0.29) is 12.1 Å². The van der Waals surface area contributed by atoms with E-state index in [0.717, 1.165) is 31.6 Å². The third-order valence-corrected chi connectivity index (χ3v) is 3.57. The minimum absolute atomic E-state index is 0.190. The molecular weight excluding hydrogens is 226 g/mol. The van der Waals surface area contributed by atoms with Crippen LogP contribution in [0.15, 0.2) is 0 Å². The highest BCUT2D eigenvalue weighted by Gasteiger charge is 2.16. The van der Waals surface area contributed by atoms with E-state index in [9.17, 15) is 5.11 Å². The van der Waals surface area contributed by atoms with Crippen LogP contribution in [0.25, 0.3) is 0 Å². The van der Waals surface area contributed by atoms with Crippen LogP contribution < -0.4 is 5.32 Å². The maximum atomic E-state index is 9.54. The van der Waals surface area contributed by atoms with Crippen LogP contribution in [0.2, 0.25) is 0 Å². The van der Waals surface area contributed by atoms with Crippen LogP contribution in [0.4, 0.5) is 0 Å². The van der Waals surface area contributed by atoms with Gasteiger partial charge >= 0.3 is 0 Å². The van der Waals surface area contributed by atoms with E-state index in [1.54, 1.807) is 0 Å². The van der Waals surface area contributed by atoms with Crippen molar-refractivity contribution >= 4 is 0 Å². The van der Waals surface area contributed by atoms with E-state index >= 15 is 0 Å². The van der Waals surface area contributed by atoms with Crippen LogP contribution in [-0.2, 0) is 6.54 Å². The summed E-state index contributed by atoms with van der Waals surface area (Å²) in [5.41, 5.74) is 3.64. The Balaban J connectivity index is 2.61. The van der Waals surface area contributed by atoms with E-state index in [0.29, 0.717) is 0 Å². The molecule has 1 aromatic heterocycles. The number of hydrogen-bond donors (Lipinski definition) is 2. The lowest BCUT2D eigenvalue weighted by molar-refractivity contribution is 0.159. The fourth-order valence-corrected chi connectivity index (χ4v) is 2.42. The van der Waals surface area contributed by atoms with E-state index < -0.39 is 0 Å². The summed E-state index contributed by atoms with van der Waals surface area (Å²) >= 11 is 0. The summed E-state index contributed by atoms with van der Waals surface area (Å²) in [7, 11) is 0. The second-order valence-electron chi connectivity index (χ2n) is 4.93. The van der Waals surface area contributed by atoms with Gasteiger partial charge in [0.25, 0.3) is 0 Å². The number of aliphatic hydroxyl groups excluding tert-OH is 1. The molecule has 0 aliphatic carbocycles. The van der Waals surface area contributed by atoms with Crippen molar-refractivity contribution in [3.05, 3.63) is 17.0 Å². The van der Waals surface area contributed by atoms with E-state index in [2.05, 4.69) is 38.1 Å². The lowest BCUT2D eigenvalue weighted by Gasteiger charge is -2.16. The highest BCUT2D eigenvalue weighted by atomic mass is 16.3. The molecule has 4 nitrogen and oxygen atoms in total. The number of aromatic nitrogens is 2. The van der Waals surface area contributed by atoms with Gasteiger partial charge < -0.3 is 10.4 Å². The Morgan fingerprint density at radius 3 is 2.50 bits per heavy atom. The van der Waals surface area contributed by atoms with Gasteiger partial charge in [-0.15, -0.1) is 0 Å². The number of nitrogens with zero attached hydrogens (tertiary/aromatic N) is 2. The van der Waals surface area contributed by atoms with Gasteiger partial charge in [0.05, 0.1) is 11.8 Å². The van der Waals surface area contributed by atoms with E-state index in [1.165, 1.54) is 11.3 Å². The first kappa shape index (κ1) is 15.2. The molecule has 1 rings (SSSR count). The summed E-state index contributed by atoms with van der Waals surface area (Å²) in [4.78, 5) is 0. The Labute approximate surface area is 110 Å². The highest BCUT2D eigenvalue weighted by molar-refractivity contribution is 5.27. The van der Waals surface area contributed by atoms with Crippen molar-refractivity contribution in [1.82, 2.24) is 15.1 Å². The van der Waals surface area contributed by atoms with Crippen molar-refractivity contribution in [1.29, 1.82) is 0 Å². The molecule has 0 radical (unpaired) electrons. The van der Waals surface area contributed by atoms with Gasteiger partial charge in [-0.1, -0.05) is 6.92 Å². The quantitative estimate of drug-likeness (QED) is 0.784. The number of aliphatic hydroxyl groups is 1. The molecule has 1 aromatic rings. The van der Waals surface area contributed by atoms with Crippen LogP contribution in [-0.4, -0.2) is 27.5 Å². The molecule has 0 aliphatic heterocycles. The highest BCUT2D eigenvalue weighted by Crippen LogP contribution is 2.21. The summed E-state index contributed by atoms with van der Waals surface area (Å²) < 4.78 is 2.05. The second-order valence-corrected chi connectivity index (χ2v) is 4.93. The zero-order valence-corrected chi connectivity index (χ0v) is 12.3. The molecule has 2 N–H and O–H groups in total. The predicted molar refractivity (Wildman–Crippen MR) is 74.7 cm³/mol. The summed E-state index contributed by atoms with van der Waals surface area (Å²) in [6.07, 6.45) is 1.44. The fourth-order valence-electron chi connectivity index (χ4n) is 2.42. The molecule has 0 fully saturated rings. The average Bonchev–Trinajstić information content (AvgIpc) is 2.63. The molecule has 104 valence electrons. The monoisotopic (exact) mass is 253 g/mol. The first-order chi connectivity index (χ1) is 8.51. The summed E-state index contributed by atoms with van der Waals surface area (Å²) in [5, 5.41) is 17.5. The molecule has 1 heterocycles. The maximum absolute atomic E-state index is 9.54. The first-order valence-electron chi connectivity index (χ1n) is 6.96. The Hall–Kier alpha value is -0.870. The van der Waals surface area contributed by atoms with Gasteiger partial charge in [-0.25, -0.2) is 0 Å². The average molecular weight is 253 g/mol. The van der Waals surface area contributed by atoms with Gasteiger partial charge in [0.1, 0.15) is 0 Å². The van der Waals surface area contributed by atoms with Crippen LogP contribution in [0.1, 0.15) is 56.6 Å². The van der Waals surface area contributed by atoms with E-state index in [1.807, 2.05) is 11.6 Å². The van der Waals surface area contributed by atoms with Crippen molar-refractivity contribution in [3.8, 4) is 0 Å². The Bertz CT molecular complexity index is 373. The Morgan fingerprint density at radius 2 is 2.00 bits per heavy atom. The molecule has 0 amide bonds. The fraction of sp³-hybridized carbons (Fsp3) is 0.786. The van der Waals surface area contributed by atoms with Crippen molar-refractivity contribution < 1.29 is 5.11 Å². The van der Waals surface area contributed by atoms with Gasteiger partial charge in [0.15, 0.2) is 0 Å². The Morgan fingerprint density at radius 1 is 1.33 bits per heavy atom. The van der Waals surface area contributed by atoms with Crippen LogP contribution in [0.3, 0.4) is 0 Å². The normalized spacial score (nSPS) is 14.8. The van der Waals surface area contributed by atoms with Crippen molar-refractivity contribution in [2.24, 2.45) is 0 Å². The molecule has 0 saturated heterocycles. The number of rotatable bonds is 7. The third kappa shape index (κ3) is 3.56. The molecule has 0 spiro atoms. The largest absolute Gasteiger partial charge is 0.393 e. The number of hydrogen-bond acceptors (Lipinski definition) is 3. The summed E-state index contributed by atoms with van der Waals surface area (Å²) in [6.45, 7) is 12.2. The van der Waals surface area contributed by atoms with Gasteiger partial charge in [-0.3, -0.25) is 4.68 Å². The molecule has 0 aliphatic rings. The molecule has 0 bridgehead atoms. The van der Waals surface area contributed by atoms with Gasteiger partial charge in [0, 0.05) is 23.8 Å². The molecular formula is C14H27N3O. The first-order valence-corrected chi connectivity index (χ1v) is 6.96. The van der Waals surface area contributed by atoms with Crippen molar-refractivity contribution in [2.75, 3.05) is 6.54 Å². The predicted octanol–water partition coefficient (Wildman–Crippen LogP) is 2.33. The number of nitrogens with one attached hydrogen (secondary N) is 1. The molecule has 0 aromatic carbocycles. The smallest absolute Gasteiger partial charge is 0.0644 e. The van der Waals surface area contributed by atoms with Crippen LogP contribution in [0, 0.1) is 13.8 Å². The third-order valence-electron chi connectivity index (χ3n) is 3.57. The molecule has 4 heteroatoms. The zero-order chi connectivity index (χ0) is 13.7. The van der Waals surface area contributed by atoms with Gasteiger partial charge in [0.2, 0.25) is 0 Å². The van der Waals surface area contributed by atoms with Crippen molar-refractivity contribution in [3.63, 3.8) is 0 Å². The lowest BCUT2D eigenvalue weighted by Crippen LogP contribution is -2.24. The minimum Gasteiger partial charge on any atom is -0.393 e.